The van der Waals surface area contributed by atoms with E-state index in [0.717, 1.165) is 12.8 Å². The Hall–Kier alpha value is -1.64. The van der Waals surface area contributed by atoms with E-state index >= 15 is 0 Å². The predicted molar refractivity (Wildman–Crippen MR) is 72.8 cm³/mol. The van der Waals surface area contributed by atoms with Crippen molar-refractivity contribution < 1.29 is 14.3 Å². The lowest BCUT2D eigenvalue weighted by Gasteiger charge is -2.21. The summed E-state index contributed by atoms with van der Waals surface area (Å²) in [5, 5.41) is 0. The van der Waals surface area contributed by atoms with Gasteiger partial charge in [-0.05, 0) is 31.6 Å². The molecule has 1 aromatic rings. The highest BCUT2D eigenvalue weighted by Gasteiger charge is 2.41. The van der Waals surface area contributed by atoms with Gasteiger partial charge in [0.05, 0.1) is 6.61 Å². The summed E-state index contributed by atoms with van der Waals surface area (Å²) in [6.45, 7) is 4.07. The van der Waals surface area contributed by atoms with Gasteiger partial charge in [0.1, 0.15) is 5.92 Å². The monoisotopic (exact) mass is 260 g/mol. The van der Waals surface area contributed by atoms with Gasteiger partial charge in [0.25, 0.3) is 0 Å². The molecule has 0 spiro atoms. The second kappa shape index (κ2) is 6.00. The number of ketones is 1. The van der Waals surface area contributed by atoms with Crippen LogP contribution in [0.2, 0.25) is 0 Å². The molecule has 0 aromatic heterocycles. The van der Waals surface area contributed by atoms with Crippen molar-refractivity contribution in [1.29, 1.82) is 0 Å². The average molecular weight is 260 g/mol. The van der Waals surface area contributed by atoms with Crippen LogP contribution in [0.25, 0.3) is 0 Å². The summed E-state index contributed by atoms with van der Waals surface area (Å²) < 4.78 is 5.09. The molecule has 1 saturated carbocycles. The summed E-state index contributed by atoms with van der Waals surface area (Å²) in [6.07, 6.45) is 2.22. The molecule has 2 atom stereocenters. The molecule has 0 radical (unpaired) electrons. The fourth-order valence-electron chi connectivity index (χ4n) is 2.47. The highest BCUT2D eigenvalue weighted by atomic mass is 16.5. The van der Waals surface area contributed by atoms with Crippen molar-refractivity contribution >= 4 is 11.8 Å². The lowest BCUT2D eigenvalue weighted by Crippen LogP contribution is -2.33. The van der Waals surface area contributed by atoms with E-state index in [1.54, 1.807) is 19.1 Å². The van der Waals surface area contributed by atoms with Crippen LogP contribution in [0.5, 0.6) is 0 Å². The molecule has 19 heavy (non-hydrogen) atoms. The topological polar surface area (TPSA) is 43.4 Å². The summed E-state index contributed by atoms with van der Waals surface area (Å²) in [5.74, 6) is -0.599. The highest BCUT2D eigenvalue weighted by Crippen LogP contribution is 2.41. The molecular weight excluding hydrogens is 240 g/mol. The molecule has 3 nitrogen and oxygen atoms in total. The Morgan fingerprint density at radius 3 is 2.42 bits per heavy atom. The standard InChI is InChI=1S/C16H20O3/c1-3-19-16(18)14(11(2)12-9-10-12)15(17)13-7-5-4-6-8-13/h4-8,11-12,14H,3,9-10H2,1-2H3. The van der Waals surface area contributed by atoms with Crippen molar-refractivity contribution in [3.8, 4) is 0 Å². The first-order valence-corrected chi connectivity index (χ1v) is 6.91. The van der Waals surface area contributed by atoms with Crippen LogP contribution in [-0.4, -0.2) is 18.4 Å². The highest BCUT2D eigenvalue weighted by molar-refractivity contribution is 6.08. The van der Waals surface area contributed by atoms with E-state index in [0.29, 0.717) is 18.1 Å². The van der Waals surface area contributed by atoms with Crippen LogP contribution < -0.4 is 0 Å². The van der Waals surface area contributed by atoms with Crippen molar-refractivity contribution in [2.75, 3.05) is 6.61 Å². The summed E-state index contributed by atoms with van der Waals surface area (Å²) in [7, 11) is 0. The number of carbonyl (C=O) groups excluding carboxylic acids is 2. The minimum atomic E-state index is -0.658. The smallest absolute Gasteiger partial charge is 0.317 e. The van der Waals surface area contributed by atoms with Gasteiger partial charge < -0.3 is 4.74 Å². The third-order valence-electron chi connectivity index (χ3n) is 3.77. The first kappa shape index (κ1) is 13.8. The van der Waals surface area contributed by atoms with E-state index in [4.69, 9.17) is 4.74 Å². The molecule has 0 N–H and O–H groups in total. The van der Waals surface area contributed by atoms with Crippen LogP contribution in [0.1, 0.15) is 37.0 Å². The van der Waals surface area contributed by atoms with E-state index in [1.165, 1.54) is 0 Å². The van der Waals surface area contributed by atoms with Crippen molar-refractivity contribution in [2.45, 2.75) is 26.7 Å². The number of carbonyl (C=O) groups is 2. The van der Waals surface area contributed by atoms with Gasteiger partial charge in [-0.15, -0.1) is 0 Å². The Labute approximate surface area is 114 Å². The second-order valence-electron chi connectivity index (χ2n) is 5.16. The summed E-state index contributed by atoms with van der Waals surface area (Å²) >= 11 is 0. The fraction of sp³-hybridized carbons (Fsp3) is 0.500. The minimum absolute atomic E-state index is 0.0618. The normalized spacial score (nSPS) is 17.6. The van der Waals surface area contributed by atoms with Gasteiger partial charge in [0, 0.05) is 5.56 Å². The van der Waals surface area contributed by atoms with Crippen molar-refractivity contribution in [1.82, 2.24) is 0 Å². The van der Waals surface area contributed by atoms with Crippen molar-refractivity contribution in [2.24, 2.45) is 17.8 Å². The lowest BCUT2D eigenvalue weighted by molar-refractivity contribution is -0.147. The zero-order chi connectivity index (χ0) is 13.8. The third-order valence-corrected chi connectivity index (χ3v) is 3.77. The molecule has 0 amide bonds. The maximum atomic E-state index is 12.5. The predicted octanol–water partition coefficient (Wildman–Crippen LogP) is 3.09. The van der Waals surface area contributed by atoms with Crippen molar-refractivity contribution in [3.05, 3.63) is 35.9 Å². The summed E-state index contributed by atoms with van der Waals surface area (Å²) in [6, 6.07) is 9.01. The molecule has 2 rings (SSSR count). The molecule has 1 aliphatic rings. The molecule has 2 unspecified atom stereocenters. The summed E-state index contributed by atoms with van der Waals surface area (Å²) in [4.78, 5) is 24.6. The van der Waals surface area contributed by atoms with Crippen LogP contribution in [0.4, 0.5) is 0 Å². The zero-order valence-corrected chi connectivity index (χ0v) is 11.5. The number of rotatable bonds is 6. The van der Waals surface area contributed by atoms with Crippen molar-refractivity contribution in [3.63, 3.8) is 0 Å². The number of hydrogen-bond donors (Lipinski definition) is 0. The first-order chi connectivity index (χ1) is 9.15. The van der Waals surface area contributed by atoms with E-state index in [9.17, 15) is 9.59 Å². The largest absolute Gasteiger partial charge is 0.465 e. The van der Waals surface area contributed by atoms with E-state index in [2.05, 4.69) is 0 Å². The van der Waals surface area contributed by atoms with Gasteiger partial charge in [-0.3, -0.25) is 9.59 Å². The Bertz CT molecular complexity index is 448. The SMILES string of the molecule is CCOC(=O)C(C(=O)c1ccccc1)C(C)C1CC1. The molecule has 1 aromatic carbocycles. The Morgan fingerprint density at radius 2 is 1.89 bits per heavy atom. The molecule has 1 aliphatic carbocycles. The van der Waals surface area contributed by atoms with E-state index < -0.39 is 5.92 Å². The molecule has 0 heterocycles. The van der Waals surface area contributed by atoms with Gasteiger partial charge in [-0.1, -0.05) is 37.3 Å². The molecule has 0 aliphatic heterocycles. The summed E-state index contributed by atoms with van der Waals surface area (Å²) in [5.41, 5.74) is 0.591. The minimum Gasteiger partial charge on any atom is -0.465 e. The average Bonchev–Trinajstić information content (AvgIpc) is 3.24. The quantitative estimate of drug-likeness (QED) is 0.448. The lowest BCUT2D eigenvalue weighted by atomic mass is 9.84. The van der Waals surface area contributed by atoms with Crippen LogP contribution >= 0.6 is 0 Å². The van der Waals surface area contributed by atoms with E-state index in [1.807, 2.05) is 25.1 Å². The zero-order valence-electron chi connectivity index (χ0n) is 11.5. The molecule has 0 bridgehead atoms. The molecule has 102 valence electrons. The number of hydrogen-bond acceptors (Lipinski definition) is 3. The van der Waals surface area contributed by atoms with E-state index in [-0.39, 0.29) is 17.7 Å². The molecule has 1 fully saturated rings. The molecular formula is C16H20O3. The van der Waals surface area contributed by atoms with Crippen LogP contribution in [-0.2, 0) is 9.53 Å². The number of esters is 1. The van der Waals surface area contributed by atoms with Gasteiger partial charge in [0.2, 0.25) is 0 Å². The fourth-order valence-corrected chi connectivity index (χ4v) is 2.47. The first-order valence-electron chi connectivity index (χ1n) is 6.91. The third kappa shape index (κ3) is 3.22. The maximum Gasteiger partial charge on any atom is 0.317 e. The number of benzene rings is 1. The Morgan fingerprint density at radius 1 is 1.26 bits per heavy atom. The molecule has 0 saturated heterocycles. The maximum absolute atomic E-state index is 12.5. The second-order valence-corrected chi connectivity index (χ2v) is 5.16. The van der Waals surface area contributed by atoms with Crippen LogP contribution in [0.3, 0.4) is 0 Å². The van der Waals surface area contributed by atoms with Gasteiger partial charge >= 0.3 is 5.97 Å². The Balaban J connectivity index is 2.21. The molecule has 3 heteroatoms. The van der Waals surface area contributed by atoms with Gasteiger partial charge in [-0.2, -0.15) is 0 Å². The van der Waals surface area contributed by atoms with Gasteiger partial charge in [0.15, 0.2) is 5.78 Å². The number of Topliss-reactive ketones (excluding diaryl/α,β-unsaturated/α-hetero) is 1. The van der Waals surface area contributed by atoms with Crippen LogP contribution in [0.15, 0.2) is 30.3 Å². The van der Waals surface area contributed by atoms with Gasteiger partial charge in [-0.25, -0.2) is 0 Å². The number of ether oxygens (including phenoxy) is 1. The van der Waals surface area contributed by atoms with Crippen LogP contribution in [0, 0.1) is 17.8 Å². The Kier molecular flexibility index (Phi) is 4.35.